The molecular formula is C20H24N4S2. The van der Waals surface area contributed by atoms with Crippen molar-refractivity contribution in [2.45, 2.75) is 39.0 Å². The molecule has 1 unspecified atom stereocenters. The van der Waals surface area contributed by atoms with Crippen LogP contribution >= 0.6 is 22.7 Å². The van der Waals surface area contributed by atoms with Gasteiger partial charge in [-0.15, -0.1) is 22.7 Å². The summed E-state index contributed by atoms with van der Waals surface area (Å²) < 4.78 is 0. The van der Waals surface area contributed by atoms with E-state index in [1.165, 1.54) is 20.2 Å². The fourth-order valence-corrected chi connectivity index (χ4v) is 5.33. The van der Waals surface area contributed by atoms with Crippen LogP contribution in [0, 0.1) is 6.92 Å². The van der Waals surface area contributed by atoms with Gasteiger partial charge in [-0.1, -0.05) is 6.07 Å². The second-order valence-corrected chi connectivity index (χ2v) is 8.91. The summed E-state index contributed by atoms with van der Waals surface area (Å²) in [4.78, 5) is 11.3. The molecule has 2 N–H and O–H groups in total. The summed E-state index contributed by atoms with van der Waals surface area (Å²) in [6.07, 6.45) is 3.04. The maximum absolute atomic E-state index is 4.53. The Hall–Kier alpha value is -1.57. The monoisotopic (exact) mass is 384 g/mol. The molecule has 4 nitrogen and oxygen atoms in total. The van der Waals surface area contributed by atoms with Gasteiger partial charge >= 0.3 is 0 Å². The van der Waals surface area contributed by atoms with E-state index in [9.17, 15) is 0 Å². The van der Waals surface area contributed by atoms with Gasteiger partial charge in [-0.3, -0.25) is 15.3 Å². The number of pyridine rings is 1. The highest BCUT2D eigenvalue weighted by molar-refractivity contribution is 7.12. The predicted octanol–water partition coefficient (Wildman–Crippen LogP) is 4.25. The average Bonchev–Trinajstić information content (AvgIpc) is 3.39. The van der Waals surface area contributed by atoms with Gasteiger partial charge in [-0.05, 0) is 54.6 Å². The van der Waals surface area contributed by atoms with Crippen LogP contribution in [0.2, 0.25) is 0 Å². The molecule has 136 valence electrons. The zero-order valence-corrected chi connectivity index (χ0v) is 16.6. The average molecular weight is 385 g/mol. The van der Waals surface area contributed by atoms with Crippen molar-refractivity contribution >= 4 is 22.7 Å². The predicted molar refractivity (Wildman–Crippen MR) is 109 cm³/mol. The van der Waals surface area contributed by atoms with Gasteiger partial charge in [0.2, 0.25) is 0 Å². The zero-order chi connectivity index (χ0) is 17.8. The van der Waals surface area contributed by atoms with Crippen molar-refractivity contribution in [3.63, 3.8) is 0 Å². The van der Waals surface area contributed by atoms with Crippen LogP contribution in [0.25, 0.3) is 0 Å². The summed E-state index contributed by atoms with van der Waals surface area (Å²) >= 11 is 3.77. The van der Waals surface area contributed by atoms with E-state index in [-0.39, 0.29) is 0 Å². The first kappa shape index (κ1) is 17.8. The first-order valence-corrected chi connectivity index (χ1v) is 10.7. The maximum atomic E-state index is 4.53. The second kappa shape index (κ2) is 8.41. The fourth-order valence-electron chi connectivity index (χ4n) is 3.24. The zero-order valence-electron chi connectivity index (χ0n) is 14.9. The van der Waals surface area contributed by atoms with Crippen LogP contribution < -0.4 is 10.9 Å². The van der Waals surface area contributed by atoms with Crippen molar-refractivity contribution < 1.29 is 0 Å². The topological polar surface area (TPSA) is 40.2 Å². The smallest absolute Gasteiger partial charge is 0.0568 e. The Morgan fingerprint density at radius 1 is 1.15 bits per heavy atom. The molecule has 6 heteroatoms. The Balaban J connectivity index is 1.49. The van der Waals surface area contributed by atoms with E-state index < -0.39 is 0 Å². The molecule has 3 aromatic heterocycles. The normalized spacial score (nSPS) is 17.2. The molecule has 0 aromatic carbocycles. The van der Waals surface area contributed by atoms with E-state index in [0.29, 0.717) is 6.04 Å². The molecule has 0 bridgehead atoms. The molecule has 26 heavy (non-hydrogen) atoms. The van der Waals surface area contributed by atoms with Crippen molar-refractivity contribution in [1.29, 1.82) is 0 Å². The van der Waals surface area contributed by atoms with E-state index in [1.807, 2.05) is 34.9 Å². The number of aromatic nitrogens is 1. The minimum absolute atomic E-state index is 0.456. The summed E-state index contributed by atoms with van der Waals surface area (Å²) in [5.74, 6) is 0. The molecular weight excluding hydrogens is 360 g/mol. The maximum Gasteiger partial charge on any atom is 0.0568 e. The van der Waals surface area contributed by atoms with E-state index in [0.717, 1.165) is 38.3 Å². The van der Waals surface area contributed by atoms with Gasteiger partial charge in [-0.2, -0.15) is 0 Å². The summed E-state index contributed by atoms with van der Waals surface area (Å²) in [6.45, 7) is 6.04. The summed E-state index contributed by atoms with van der Waals surface area (Å²) in [5.41, 5.74) is 9.10. The minimum Gasteiger partial charge on any atom is -0.287 e. The largest absolute Gasteiger partial charge is 0.287 e. The van der Waals surface area contributed by atoms with Crippen molar-refractivity contribution in [1.82, 2.24) is 20.7 Å². The van der Waals surface area contributed by atoms with E-state index >= 15 is 0 Å². The molecule has 1 atom stereocenters. The van der Waals surface area contributed by atoms with Crippen LogP contribution in [0.15, 0.2) is 48.0 Å². The van der Waals surface area contributed by atoms with E-state index in [1.54, 1.807) is 0 Å². The number of nitrogens with zero attached hydrogens (tertiary/aromatic N) is 2. The molecule has 0 amide bonds. The van der Waals surface area contributed by atoms with Gasteiger partial charge in [0.15, 0.2) is 0 Å². The number of thiophene rings is 2. The molecule has 1 aliphatic heterocycles. The number of nitrogens with one attached hydrogen (secondary N) is 2. The summed E-state index contributed by atoms with van der Waals surface area (Å²) in [7, 11) is 0. The van der Waals surface area contributed by atoms with Gasteiger partial charge in [0.05, 0.1) is 11.7 Å². The van der Waals surface area contributed by atoms with E-state index in [2.05, 4.69) is 63.4 Å². The molecule has 0 radical (unpaired) electrons. The van der Waals surface area contributed by atoms with Crippen LogP contribution in [-0.2, 0) is 19.6 Å². The lowest BCUT2D eigenvalue weighted by Crippen LogP contribution is -2.24. The Morgan fingerprint density at radius 2 is 2.12 bits per heavy atom. The van der Waals surface area contributed by atoms with Crippen LogP contribution in [0.1, 0.15) is 38.4 Å². The van der Waals surface area contributed by atoms with Crippen molar-refractivity contribution in [3.8, 4) is 0 Å². The fraction of sp³-hybridized carbons (Fsp3) is 0.350. The number of rotatable bonds is 7. The molecule has 4 rings (SSSR count). The number of aryl methyl sites for hydroxylation is 1. The Morgan fingerprint density at radius 3 is 2.85 bits per heavy atom. The van der Waals surface area contributed by atoms with Gasteiger partial charge in [0.25, 0.3) is 0 Å². The quantitative estimate of drug-likeness (QED) is 0.639. The van der Waals surface area contributed by atoms with Crippen LogP contribution in [0.3, 0.4) is 0 Å². The van der Waals surface area contributed by atoms with Crippen molar-refractivity contribution in [2.75, 3.05) is 6.54 Å². The van der Waals surface area contributed by atoms with Gasteiger partial charge in [0, 0.05) is 47.0 Å². The summed E-state index contributed by atoms with van der Waals surface area (Å²) in [6, 6.07) is 13.4. The molecule has 4 heterocycles. The molecule has 1 aliphatic rings. The Kier molecular flexibility index (Phi) is 5.77. The standard InChI is InChI=1S/C20H24N4S2/c1-15-8-11-25-20(15)14-24(12-16-4-2-3-9-21-16)13-17-5-6-19(26-17)18-7-10-22-23-18/h2-6,8-9,11,18,22-23H,7,10,12-14H2,1H3. The number of hydrogen-bond donors (Lipinski definition) is 2. The van der Waals surface area contributed by atoms with Crippen molar-refractivity contribution in [2.24, 2.45) is 0 Å². The number of hydrogen-bond acceptors (Lipinski definition) is 6. The third-order valence-electron chi connectivity index (χ3n) is 4.69. The van der Waals surface area contributed by atoms with Gasteiger partial charge in [-0.25, -0.2) is 5.43 Å². The highest BCUT2D eigenvalue weighted by Gasteiger charge is 2.19. The third-order valence-corrected chi connectivity index (χ3v) is 6.88. The molecule has 0 saturated carbocycles. The van der Waals surface area contributed by atoms with Crippen LogP contribution in [0.4, 0.5) is 0 Å². The lowest BCUT2D eigenvalue weighted by atomic mass is 10.2. The van der Waals surface area contributed by atoms with Crippen LogP contribution in [0.5, 0.6) is 0 Å². The molecule has 0 aliphatic carbocycles. The summed E-state index contributed by atoms with van der Waals surface area (Å²) in [5, 5.41) is 2.19. The first-order valence-electron chi connectivity index (χ1n) is 9.00. The second-order valence-electron chi connectivity index (χ2n) is 6.71. The number of hydrazine groups is 1. The highest BCUT2D eigenvalue weighted by atomic mass is 32.1. The minimum atomic E-state index is 0.456. The van der Waals surface area contributed by atoms with Crippen molar-refractivity contribution in [3.05, 3.63) is 73.9 Å². The first-order chi connectivity index (χ1) is 12.8. The molecule has 1 fully saturated rings. The van der Waals surface area contributed by atoms with Gasteiger partial charge in [0.1, 0.15) is 0 Å². The highest BCUT2D eigenvalue weighted by Crippen LogP contribution is 2.28. The van der Waals surface area contributed by atoms with Gasteiger partial charge < -0.3 is 0 Å². The third kappa shape index (κ3) is 4.39. The molecule has 1 saturated heterocycles. The van der Waals surface area contributed by atoms with Crippen LogP contribution in [-0.4, -0.2) is 16.4 Å². The molecule has 3 aromatic rings. The lowest BCUT2D eigenvalue weighted by molar-refractivity contribution is 0.249. The lowest BCUT2D eigenvalue weighted by Gasteiger charge is -2.21. The Labute approximate surface area is 162 Å². The molecule has 0 spiro atoms. The SMILES string of the molecule is Cc1ccsc1CN(Cc1ccccn1)Cc1ccc(C2CCNN2)s1. The van der Waals surface area contributed by atoms with E-state index in [4.69, 9.17) is 0 Å². The Bertz CT molecular complexity index is 821.